The van der Waals surface area contributed by atoms with Crippen LogP contribution in [0.2, 0.25) is 0 Å². The number of carbonyl (C=O) groups is 1. The quantitative estimate of drug-likeness (QED) is 0.363. The molecule has 0 spiro atoms. The van der Waals surface area contributed by atoms with Crippen molar-refractivity contribution in [2.45, 2.75) is 0 Å². The molecule has 0 unspecified atom stereocenters. The number of nitrogens with one attached hydrogen (secondary N) is 1. The van der Waals surface area contributed by atoms with Crippen LogP contribution in [0.25, 0.3) is 0 Å². The van der Waals surface area contributed by atoms with Gasteiger partial charge in [-0.1, -0.05) is 0 Å². The van der Waals surface area contributed by atoms with E-state index in [0.29, 0.717) is 25.4 Å². The number of hydrazine groups is 1. The number of carbonyl (C=O) groups excluding carboxylic acids is 1. The van der Waals surface area contributed by atoms with Gasteiger partial charge in [-0.2, -0.15) is 0 Å². The Morgan fingerprint density at radius 3 is 3.08 bits per heavy atom. The summed E-state index contributed by atoms with van der Waals surface area (Å²) in [4.78, 5) is 12.4. The average Bonchev–Trinajstić information content (AvgIpc) is 2.37. The van der Waals surface area contributed by atoms with Gasteiger partial charge in [0.2, 0.25) is 0 Å². The van der Waals surface area contributed by atoms with Gasteiger partial charge < -0.3 is 15.9 Å². The second-order valence-corrected chi connectivity index (χ2v) is 2.42. The Kier molecular flexibility index (Phi) is 2.76. The molecule has 1 amide bonds. The summed E-state index contributed by atoms with van der Waals surface area (Å²) in [6, 6.07) is 0. The molecule has 0 bridgehead atoms. The minimum Gasteiger partial charge on any atom is -0.448 e. The fourth-order valence-electron chi connectivity index (χ4n) is 0.942. The second kappa shape index (κ2) is 3.82. The van der Waals surface area contributed by atoms with Crippen molar-refractivity contribution in [2.24, 2.45) is 11.6 Å². The van der Waals surface area contributed by atoms with Gasteiger partial charge in [0.15, 0.2) is 0 Å². The summed E-state index contributed by atoms with van der Waals surface area (Å²) in [5.41, 5.74) is 8.28. The van der Waals surface area contributed by atoms with Gasteiger partial charge in [-0.3, -0.25) is 10.7 Å². The third kappa shape index (κ3) is 2.03. The molecule has 0 atom stereocenters. The van der Waals surface area contributed by atoms with Crippen LogP contribution in [0.15, 0.2) is 11.9 Å². The number of hydrogen-bond acceptors (Lipinski definition) is 5. The van der Waals surface area contributed by atoms with Gasteiger partial charge >= 0.3 is 6.09 Å². The molecule has 0 aromatic carbocycles. The Balaban J connectivity index is 2.40. The molecule has 0 aromatic rings. The SMILES string of the molecule is NN/C=C(\N)CN1CCOC1=O. The summed E-state index contributed by atoms with van der Waals surface area (Å²) in [6.45, 7) is 1.36. The Hall–Kier alpha value is -1.43. The first kappa shape index (κ1) is 8.66. The molecule has 68 valence electrons. The molecule has 6 heteroatoms. The van der Waals surface area contributed by atoms with Crippen molar-refractivity contribution in [1.29, 1.82) is 0 Å². The van der Waals surface area contributed by atoms with Crippen LogP contribution in [0.4, 0.5) is 4.79 Å². The van der Waals surface area contributed by atoms with E-state index in [4.69, 9.17) is 16.3 Å². The Morgan fingerprint density at radius 2 is 2.58 bits per heavy atom. The van der Waals surface area contributed by atoms with E-state index in [1.54, 1.807) is 0 Å². The lowest BCUT2D eigenvalue weighted by molar-refractivity contribution is 0.160. The maximum atomic E-state index is 10.9. The summed E-state index contributed by atoms with van der Waals surface area (Å²) >= 11 is 0. The molecule has 12 heavy (non-hydrogen) atoms. The van der Waals surface area contributed by atoms with E-state index in [9.17, 15) is 4.79 Å². The van der Waals surface area contributed by atoms with Gasteiger partial charge in [0.1, 0.15) is 6.61 Å². The molecular weight excluding hydrogens is 160 g/mol. The topological polar surface area (TPSA) is 93.6 Å². The number of rotatable bonds is 3. The maximum Gasteiger partial charge on any atom is 0.410 e. The van der Waals surface area contributed by atoms with Crippen LogP contribution in [0.5, 0.6) is 0 Å². The highest BCUT2D eigenvalue weighted by molar-refractivity contribution is 5.69. The molecule has 1 saturated heterocycles. The van der Waals surface area contributed by atoms with E-state index >= 15 is 0 Å². The van der Waals surface area contributed by atoms with E-state index in [-0.39, 0.29) is 6.09 Å². The van der Waals surface area contributed by atoms with Crippen molar-refractivity contribution in [3.63, 3.8) is 0 Å². The number of nitrogens with two attached hydrogens (primary N) is 2. The zero-order valence-electron chi connectivity index (χ0n) is 6.62. The summed E-state index contributed by atoms with van der Waals surface area (Å²) in [5, 5.41) is 0. The molecule has 1 rings (SSSR count). The van der Waals surface area contributed by atoms with Gasteiger partial charge in [0.05, 0.1) is 13.1 Å². The zero-order chi connectivity index (χ0) is 8.97. The standard InChI is InChI=1S/C6H12N4O2/c7-5(3-9-8)4-10-1-2-12-6(10)11/h3,9H,1-2,4,7-8H2/b5-3-. The van der Waals surface area contributed by atoms with E-state index in [1.807, 2.05) is 0 Å². The maximum absolute atomic E-state index is 10.9. The molecule has 1 fully saturated rings. The molecule has 5 N–H and O–H groups in total. The van der Waals surface area contributed by atoms with Crippen LogP contribution in [0.3, 0.4) is 0 Å². The highest BCUT2D eigenvalue weighted by Gasteiger charge is 2.21. The lowest BCUT2D eigenvalue weighted by atomic mass is 10.4. The van der Waals surface area contributed by atoms with Crippen molar-refractivity contribution < 1.29 is 9.53 Å². The summed E-state index contributed by atoms with van der Waals surface area (Å²) < 4.78 is 4.70. The lowest BCUT2D eigenvalue weighted by Gasteiger charge is -2.11. The summed E-state index contributed by atoms with van der Waals surface area (Å²) in [6.07, 6.45) is 1.11. The first-order valence-electron chi connectivity index (χ1n) is 3.56. The van der Waals surface area contributed by atoms with Crippen molar-refractivity contribution in [2.75, 3.05) is 19.7 Å². The van der Waals surface area contributed by atoms with Crippen molar-refractivity contribution in [3.8, 4) is 0 Å². The highest BCUT2D eigenvalue weighted by Crippen LogP contribution is 2.03. The zero-order valence-corrected chi connectivity index (χ0v) is 6.62. The van der Waals surface area contributed by atoms with E-state index in [1.165, 1.54) is 11.1 Å². The summed E-state index contributed by atoms with van der Waals surface area (Å²) in [5.74, 6) is 5.00. The van der Waals surface area contributed by atoms with Gasteiger partial charge in [0.25, 0.3) is 0 Å². The average molecular weight is 172 g/mol. The van der Waals surface area contributed by atoms with Crippen LogP contribution >= 0.6 is 0 Å². The van der Waals surface area contributed by atoms with Crippen molar-refractivity contribution >= 4 is 6.09 Å². The highest BCUT2D eigenvalue weighted by atomic mass is 16.6. The normalized spacial score (nSPS) is 17.9. The lowest BCUT2D eigenvalue weighted by Crippen LogP contribution is -2.30. The summed E-state index contributed by atoms with van der Waals surface area (Å²) in [7, 11) is 0. The molecule has 6 nitrogen and oxygen atoms in total. The predicted molar refractivity (Wildman–Crippen MR) is 42.5 cm³/mol. The third-order valence-corrected chi connectivity index (χ3v) is 1.49. The first-order chi connectivity index (χ1) is 5.74. The largest absolute Gasteiger partial charge is 0.448 e. The van der Waals surface area contributed by atoms with Crippen LogP contribution in [0.1, 0.15) is 0 Å². The molecule has 0 radical (unpaired) electrons. The van der Waals surface area contributed by atoms with Gasteiger partial charge in [-0.25, -0.2) is 4.79 Å². The Bertz CT molecular complexity index is 204. The fourth-order valence-corrected chi connectivity index (χ4v) is 0.942. The fraction of sp³-hybridized carbons (Fsp3) is 0.500. The molecule has 0 saturated carbocycles. The van der Waals surface area contributed by atoms with Crippen molar-refractivity contribution in [3.05, 3.63) is 11.9 Å². The smallest absolute Gasteiger partial charge is 0.410 e. The number of amides is 1. The van der Waals surface area contributed by atoms with Crippen LogP contribution in [-0.4, -0.2) is 30.7 Å². The number of ether oxygens (including phenoxy) is 1. The predicted octanol–water partition coefficient (Wildman–Crippen LogP) is -1.30. The van der Waals surface area contributed by atoms with Gasteiger partial charge in [-0.15, -0.1) is 0 Å². The Labute approximate surface area is 70.1 Å². The van der Waals surface area contributed by atoms with Crippen LogP contribution < -0.4 is 17.0 Å². The third-order valence-electron chi connectivity index (χ3n) is 1.49. The van der Waals surface area contributed by atoms with Gasteiger partial charge in [0, 0.05) is 11.9 Å². The molecule has 0 aliphatic carbocycles. The monoisotopic (exact) mass is 172 g/mol. The first-order valence-corrected chi connectivity index (χ1v) is 3.56. The second-order valence-electron chi connectivity index (χ2n) is 2.42. The molecular formula is C6H12N4O2. The van der Waals surface area contributed by atoms with Gasteiger partial charge in [-0.05, 0) is 0 Å². The van der Waals surface area contributed by atoms with E-state index in [0.717, 1.165) is 0 Å². The van der Waals surface area contributed by atoms with Crippen LogP contribution in [0, 0.1) is 0 Å². The molecule has 1 aliphatic heterocycles. The number of hydrogen-bond donors (Lipinski definition) is 3. The molecule has 0 aromatic heterocycles. The van der Waals surface area contributed by atoms with E-state index < -0.39 is 0 Å². The van der Waals surface area contributed by atoms with Crippen molar-refractivity contribution in [1.82, 2.24) is 10.3 Å². The van der Waals surface area contributed by atoms with E-state index in [2.05, 4.69) is 5.43 Å². The Morgan fingerprint density at radius 1 is 1.83 bits per heavy atom. The minimum absolute atomic E-state index is 0.330. The molecule has 1 heterocycles. The van der Waals surface area contributed by atoms with Crippen LogP contribution in [-0.2, 0) is 4.74 Å². The minimum atomic E-state index is -0.330. The number of cyclic esters (lactones) is 1. The molecule has 1 aliphatic rings. The number of nitrogens with zero attached hydrogens (tertiary/aromatic N) is 1.